The molecule has 1 aromatic rings. The third-order valence-electron chi connectivity index (χ3n) is 4.85. The number of hydrogen-bond acceptors (Lipinski definition) is 5. The molecule has 0 saturated carbocycles. The molecule has 0 radical (unpaired) electrons. The average Bonchev–Trinajstić information content (AvgIpc) is 2.98. The zero-order valence-corrected chi connectivity index (χ0v) is 16.2. The summed E-state index contributed by atoms with van der Waals surface area (Å²) < 4.78 is 43.4. The van der Waals surface area contributed by atoms with Crippen LogP contribution in [0.3, 0.4) is 0 Å². The fourth-order valence-electron chi connectivity index (χ4n) is 3.36. The molecule has 3 rings (SSSR count). The summed E-state index contributed by atoms with van der Waals surface area (Å²) in [6.45, 7) is 3.90. The minimum absolute atomic E-state index is 0. The van der Waals surface area contributed by atoms with Crippen LogP contribution in [0.25, 0.3) is 0 Å². The number of nitrogens with zero attached hydrogens (tertiary/aromatic N) is 1. The van der Waals surface area contributed by atoms with E-state index in [0.717, 1.165) is 32.0 Å². The van der Waals surface area contributed by atoms with E-state index in [1.54, 1.807) is 0 Å². The van der Waals surface area contributed by atoms with Crippen LogP contribution in [0, 0.1) is 5.82 Å². The smallest absolute Gasteiger partial charge is 0.263 e. The lowest BCUT2D eigenvalue weighted by Crippen LogP contribution is -2.45. The molecule has 1 unspecified atom stereocenters. The molecule has 1 atom stereocenters. The van der Waals surface area contributed by atoms with Gasteiger partial charge in [0.25, 0.3) is 5.91 Å². The molecule has 9 heteroatoms. The predicted octanol–water partition coefficient (Wildman–Crippen LogP) is 1.77. The van der Waals surface area contributed by atoms with Gasteiger partial charge >= 0.3 is 0 Å². The lowest BCUT2D eigenvalue weighted by molar-refractivity contribution is -0.135. The third-order valence-corrected chi connectivity index (χ3v) is 6.58. The zero-order chi connectivity index (χ0) is 18.0. The molecule has 0 aliphatic carbocycles. The Labute approximate surface area is 159 Å². The Morgan fingerprint density at radius 3 is 2.58 bits per heavy atom. The lowest BCUT2D eigenvalue weighted by atomic mass is 10.1. The summed E-state index contributed by atoms with van der Waals surface area (Å²) in [6, 6.07) is 3.78. The molecule has 2 aliphatic rings. The minimum Gasteiger partial charge on any atom is -0.477 e. The van der Waals surface area contributed by atoms with Gasteiger partial charge in [0.2, 0.25) is 0 Å². The van der Waals surface area contributed by atoms with Crippen LogP contribution >= 0.6 is 12.4 Å². The zero-order valence-electron chi connectivity index (χ0n) is 14.6. The number of ether oxygens (including phenoxy) is 1. The average molecular weight is 407 g/mol. The van der Waals surface area contributed by atoms with Gasteiger partial charge in [-0.3, -0.25) is 4.79 Å². The van der Waals surface area contributed by atoms with Gasteiger partial charge in [-0.1, -0.05) is 6.92 Å². The highest BCUT2D eigenvalue weighted by molar-refractivity contribution is 7.91. The fourth-order valence-corrected chi connectivity index (χ4v) is 4.25. The molecule has 2 aliphatic heterocycles. The van der Waals surface area contributed by atoms with Crippen LogP contribution in [-0.2, 0) is 14.6 Å². The molecule has 26 heavy (non-hydrogen) atoms. The third kappa shape index (κ3) is 4.29. The van der Waals surface area contributed by atoms with Crippen molar-refractivity contribution in [1.82, 2.24) is 10.2 Å². The van der Waals surface area contributed by atoms with Crippen molar-refractivity contribution in [1.29, 1.82) is 0 Å². The van der Waals surface area contributed by atoms with E-state index in [1.807, 2.05) is 4.90 Å². The van der Waals surface area contributed by atoms with Crippen LogP contribution in [0.15, 0.2) is 23.1 Å². The molecule has 1 aromatic carbocycles. The molecule has 2 saturated heterocycles. The van der Waals surface area contributed by atoms with Crippen LogP contribution in [-0.4, -0.2) is 56.8 Å². The molecule has 2 fully saturated rings. The van der Waals surface area contributed by atoms with E-state index in [0.29, 0.717) is 13.0 Å². The van der Waals surface area contributed by atoms with Crippen molar-refractivity contribution in [3.05, 3.63) is 24.0 Å². The SMILES string of the molecule is CCS(=O)(=O)c1ccc(OC2CCN(C3CCNCC3)C2=O)c(F)c1.Cl. The number of nitrogens with one attached hydrogen (secondary N) is 1. The first-order chi connectivity index (χ1) is 11.9. The number of amides is 1. The van der Waals surface area contributed by atoms with E-state index in [1.165, 1.54) is 19.1 Å². The monoisotopic (exact) mass is 406 g/mol. The van der Waals surface area contributed by atoms with Crippen LogP contribution in [0.5, 0.6) is 5.75 Å². The molecule has 0 aromatic heterocycles. The second-order valence-electron chi connectivity index (χ2n) is 6.40. The van der Waals surface area contributed by atoms with Gasteiger partial charge in [0, 0.05) is 19.0 Å². The predicted molar refractivity (Wildman–Crippen MR) is 98.0 cm³/mol. The van der Waals surface area contributed by atoms with Gasteiger partial charge in [0.15, 0.2) is 27.5 Å². The van der Waals surface area contributed by atoms with Gasteiger partial charge < -0.3 is 15.0 Å². The van der Waals surface area contributed by atoms with Crippen molar-refractivity contribution in [2.75, 3.05) is 25.4 Å². The van der Waals surface area contributed by atoms with Crippen molar-refractivity contribution in [3.8, 4) is 5.75 Å². The Hall–Kier alpha value is -1.38. The molecule has 2 heterocycles. The van der Waals surface area contributed by atoms with Crippen molar-refractivity contribution in [2.45, 2.75) is 43.2 Å². The number of benzene rings is 1. The highest BCUT2D eigenvalue weighted by atomic mass is 35.5. The van der Waals surface area contributed by atoms with Crippen molar-refractivity contribution < 1.29 is 22.3 Å². The highest BCUT2D eigenvalue weighted by Crippen LogP contribution is 2.27. The Bertz CT molecular complexity index is 753. The highest BCUT2D eigenvalue weighted by Gasteiger charge is 2.38. The number of hydrogen-bond donors (Lipinski definition) is 1. The summed E-state index contributed by atoms with van der Waals surface area (Å²) in [5, 5.41) is 3.27. The lowest BCUT2D eigenvalue weighted by Gasteiger charge is -2.31. The number of halogens is 2. The normalized spacial score (nSPS) is 21.5. The molecule has 1 amide bonds. The Balaban J connectivity index is 0.00000243. The number of piperidine rings is 1. The van der Waals surface area contributed by atoms with Gasteiger partial charge in [-0.05, 0) is 44.1 Å². The summed E-state index contributed by atoms with van der Waals surface area (Å²) in [7, 11) is -3.48. The summed E-state index contributed by atoms with van der Waals surface area (Å²) in [4.78, 5) is 14.3. The number of likely N-dealkylation sites (tertiary alicyclic amines) is 1. The molecular weight excluding hydrogens is 383 g/mol. The van der Waals surface area contributed by atoms with Crippen LogP contribution in [0.2, 0.25) is 0 Å². The number of carbonyl (C=O) groups is 1. The molecule has 6 nitrogen and oxygen atoms in total. The van der Waals surface area contributed by atoms with Crippen LogP contribution < -0.4 is 10.1 Å². The molecule has 146 valence electrons. The quantitative estimate of drug-likeness (QED) is 0.806. The summed E-state index contributed by atoms with van der Waals surface area (Å²) in [5.74, 6) is -1.06. The van der Waals surface area contributed by atoms with E-state index in [2.05, 4.69) is 5.32 Å². The van der Waals surface area contributed by atoms with E-state index >= 15 is 0 Å². The van der Waals surface area contributed by atoms with Gasteiger partial charge in [-0.25, -0.2) is 12.8 Å². The minimum atomic E-state index is -3.48. The van der Waals surface area contributed by atoms with E-state index in [-0.39, 0.29) is 40.8 Å². The molecular formula is C17H24ClFN2O4S. The fraction of sp³-hybridized carbons (Fsp3) is 0.588. The van der Waals surface area contributed by atoms with Crippen LogP contribution in [0.4, 0.5) is 4.39 Å². The first-order valence-corrected chi connectivity index (χ1v) is 10.3. The summed E-state index contributed by atoms with van der Waals surface area (Å²) in [6.07, 6.45) is 1.63. The standard InChI is InChI=1S/C17H23FN2O4S.ClH/c1-2-25(22,23)13-3-4-15(14(18)11-13)24-16-7-10-20(17(16)21)12-5-8-19-9-6-12;/h3-4,11-12,16,19H,2,5-10H2,1H3;1H. The first-order valence-electron chi connectivity index (χ1n) is 8.62. The second kappa shape index (κ2) is 8.54. The summed E-state index contributed by atoms with van der Waals surface area (Å²) >= 11 is 0. The molecule has 0 spiro atoms. The second-order valence-corrected chi connectivity index (χ2v) is 8.68. The Kier molecular flexibility index (Phi) is 6.87. The van der Waals surface area contributed by atoms with Gasteiger partial charge in [-0.15, -0.1) is 12.4 Å². The van der Waals surface area contributed by atoms with E-state index in [9.17, 15) is 17.6 Å². The maximum atomic E-state index is 14.2. The topological polar surface area (TPSA) is 75.7 Å². The maximum absolute atomic E-state index is 14.2. The summed E-state index contributed by atoms with van der Waals surface area (Å²) in [5.41, 5.74) is 0. The molecule has 0 bridgehead atoms. The van der Waals surface area contributed by atoms with Crippen molar-refractivity contribution in [3.63, 3.8) is 0 Å². The van der Waals surface area contributed by atoms with Gasteiger partial charge in [0.1, 0.15) is 0 Å². The van der Waals surface area contributed by atoms with Gasteiger partial charge in [0.05, 0.1) is 10.6 Å². The van der Waals surface area contributed by atoms with Crippen molar-refractivity contribution >= 4 is 28.2 Å². The number of rotatable bonds is 5. The largest absolute Gasteiger partial charge is 0.477 e. The maximum Gasteiger partial charge on any atom is 0.263 e. The van der Waals surface area contributed by atoms with Crippen molar-refractivity contribution in [2.24, 2.45) is 0 Å². The van der Waals surface area contributed by atoms with Gasteiger partial charge in [-0.2, -0.15) is 0 Å². The molecule has 1 N–H and O–H groups in total. The van der Waals surface area contributed by atoms with E-state index < -0.39 is 21.8 Å². The Morgan fingerprint density at radius 2 is 1.96 bits per heavy atom. The number of carbonyl (C=O) groups excluding carboxylic acids is 1. The van der Waals surface area contributed by atoms with Crippen LogP contribution in [0.1, 0.15) is 26.2 Å². The number of sulfone groups is 1. The Morgan fingerprint density at radius 1 is 1.27 bits per heavy atom. The first kappa shape index (κ1) is 20.9. The van der Waals surface area contributed by atoms with E-state index in [4.69, 9.17) is 4.74 Å².